The molecule has 0 aromatic heterocycles. The quantitative estimate of drug-likeness (QED) is 0.691. The summed E-state index contributed by atoms with van der Waals surface area (Å²) in [6.07, 6.45) is 3.17. The van der Waals surface area contributed by atoms with E-state index in [9.17, 15) is 5.11 Å². The van der Waals surface area contributed by atoms with Gasteiger partial charge in [0.1, 0.15) is 0 Å². The zero-order valence-corrected chi connectivity index (χ0v) is 10.4. The van der Waals surface area contributed by atoms with Crippen LogP contribution in [0.4, 0.5) is 0 Å². The minimum Gasteiger partial charge on any atom is -0.390 e. The van der Waals surface area contributed by atoms with Crippen molar-refractivity contribution in [2.75, 3.05) is 26.4 Å². The van der Waals surface area contributed by atoms with Gasteiger partial charge in [-0.15, -0.1) is 0 Å². The fourth-order valence-corrected chi connectivity index (χ4v) is 2.34. The van der Waals surface area contributed by atoms with E-state index in [0.717, 1.165) is 19.5 Å². The molecule has 2 atom stereocenters. The summed E-state index contributed by atoms with van der Waals surface area (Å²) in [5.41, 5.74) is -0.565. The Balaban J connectivity index is 2.52. The van der Waals surface area contributed by atoms with Crippen molar-refractivity contribution in [3.8, 4) is 0 Å². The lowest BCUT2D eigenvalue weighted by Gasteiger charge is -2.39. The van der Waals surface area contributed by atoms with Crippen molar-refractivity contribution in [2.45, 2.75) is 31.9 Å². The number of hydrogen-bond acceptors (Lipinski definition) is 4. The molecule has 1 saturated heterocycles. The summed E-state index contributed by atoms with van der Waals surface area (Å²) in [6, 6.07) is 0.537. The lowest BCUT2D eigenvalue weighted by Crippen LogP contribution is -2.51. The maximum Gasteiger partial charge on any atom is 0.0632 e. The predicted molar refractivity (Wildman–Crippen MR) is 62.3 cm³/mol. The fourth-order valence-electron chi connectivity index (χ4n) is 1.88. The third kappa shape index (κ3) is 3.12. The highest BCUT2D eigenvalue weighted by molar-refractivity contribution is 7.96. The van der Waals surface area contributed by atoms with Crippen LogP contribution in [0.5, 0.6) is 0 Å². The molecule has 0 amide bonds. The average Bonchev–Trinajstić information content (AvgIpc) is 2.15. The second-order valence-electron chi connectivity index (χ2n) is 4.63. The SMILES string of the molecule is CSN(C)C1CNCC(C(C)(C)O)C1. The lowest BCUT2D eigenvalue weighted by atomic mass is 9.83. The van der Waals surface area contributed by atoms with Gasteiger partial charge >= 0.3 is 0 Å². The summed E-state index contributed by atoms with van der Waals surface area (Å²) in [5, 5.41) is 13.3. The van der Waals surface area contributed by atoms with Gasteiger partial charge in [-0.3, -0.25) is 0 Å². The lowest BCUT2D eigenvalue weighted by molar-refractivity contribution is -0.00232. The van der Waals surface area contributed by atoms with Crippen LogP contribution in [0.3, 0.4) is 0 Å². The van der Waals surface area contributed by atoms with Gasteiger partial charge in [-0.2, -0.15) is 0 Å². The van der Waals surface area contributed by atoms with Crippen LogP contribution in [-0.4, -0.2) is 47.4 Å². The highest BCUT2D eigenvalue weighted by Gasteiger charge is 2.33. The molecule has 0 aromatic rings. The van der Waals surface area contributed by atoms with E-state index in [2.05, 4.69) is 22.9 Å². The first-order valence-corrected chi connectivity index (χ1v) is 6.33. The number of nitrogens with one attached hydrogen (secondary N) is 1. The zero-order chi connectivity index (χ0) is 10.8. The van der Waals surface area contributed by atoms with Crippen molar-refractivity contribution in [3.63, 3.8) is 0 Å². The molecule has 14 heavy (non-hydrogen) atoms. The van der Waals surface area contributed by atoms with Gasteiger partial charge in [-0.1, -0.05) is 11.9 Å². The topological polar surface area (TPSA) is 35.5 Å². The van der Waals surface area contributed by atoms with Crippen molar-refractivity contribution in [1.82, 2.24) is 9.62 Å². The Kier molecular flexibility index (Phi) is 4.25. The summed E-state index contributed by atoms with van der Waals surface area (Å²) in [4.78, 5) is 0. The molecule has 2 unspecified atom stereocenters. The summed E-state index contributed by atoms with van der Waals surface area (Å²) in [6.45, 7) is 5.77. The van der Waals surface area contributed by atoms with Crippen LogP contribution in [0, 0.1) is 5.92 Å². The number of nitrogens with zero attached hydrogens (tertiary/aromatic N) is 1. The van der Waals surface area contributed by atoms with Crippen molar-refractivity contribution in [2.24, 2.45) is 5.92 Å². The minimum atomic E-state index is -0.565. The molecule has 2 N–H and O–H groups in total. The van der Waals surface area contributed by atoms with Crippen LogP contribution in [0.2, 0.25) is 0 Å². The van der Waals surface area contributed by atoms with Crippen LogP contribution in [-0.2, 0) is 0 Å². The van der Waals surface area contributed by atoms with Crippen LogP contribution in [0.25, 0.3) is 0 Å². The number of aliphatic hydroxyl groups is 1. The molecule has 84 valence electrons. The highest BCUT2D eigenvalue weighted by Crippen LogP contribution is 2.26. The van der Waals surface area contributed by atoms with Gasteiger partial charge in [-0.05, 0) is 33.6 Å². The maximum atomic E-state index is 9.95. The zero-order valence-electron chi connectivity index (χ0n) is 9.58. The van der Waals surface area contributed by atoms with Crippen molar-refractivity contribution in [3.05, 3.63) is 0 Å². The molecule has 0 spiro atoms. The van der Waals surface area contributed by atoms with Crippen LogP contribution in [0.15, 0.2) is 0 Å². The second-order valence-corrected chi connectivity index (χ2v) is 5.57. The van der Waals surface area contributed by atoms with Crippen molar-refractivity contribution in [1.29, 1.82) is 0 Å². The van der Waals surface area contributed by atoms with E-state index in [1.165, 1.54) is 0 Å². The molecule has 3 nitrogen and oxygen atoms in total. The van der Waals surface area contributed by atoms with Crippen LogP contribution < -0.4 is 5.32 Å². The van der Waals surface area contributed by atoms with E-state index >= 15 is 0 Å². The van der Waals surface area contributed by atoms with Gasteiger partial charge in [0.25, 0.3) is 0 Å². The summed E-state index contributed by atoms with van der Waals surface area (Å²) in [7, 11) is 2.11. The standard InChI is InChI=1S/C10H22N2OS/c1-10(2,13)8-5-9(7-11-6-8)12(3)14-4/h8-9,11,13H,5-7H2,1-4H3. The van der Waals surface area contributed by atoms with E-state index in [1.54, 1.807) is 11.9 Å². The van der Waals surface area contributed by atoms with Gasteiger partial charge in [-0.25, -0.2) is 4.31 Å². The highest BCUT2D eigenvalue weighted by atomic mass is 32.2. The van der Waals surface area contributed by atoms with Gasteiger partial charge < -0.3 is 10.4 Å². The summed E-state index contributed by atoms with van der Waals surface area (Å²) < 4.78 is 2.27. The van der Waals surface area contributed by atoms with E-state index < -0.39 is 5.60 Å². The van der Waals surface area contributed by atoms with Crippen molar-refractivity contribution < 1.29 is 5.11 Å². The fraction of sp³-hybridized carbons (Fsp3) is 1.00. The summed E-state index contributed by atoms with van der Waals surface area (Å²) in [5.74, 6) is 0.357. The Morgan fingerprint density at radius 1 is 1.43 bits per heavy atom. The van der Waals surface area contributed by atoms with Crippen molar-refractivity contribution >= 4 is 11.9 Å². The van der Waals surface area contributed by atoms with E-state index in [4.69, 9.17) is 0 Å². The Bertz CT molecular complexity index is 181. The van der Waals surface area contributed by atoms with Crippen LogP contribution >= 0.6 is 11.9 Å². The molecule has 0 radical (unpaired) electrons. The Morgan fingerprint density at radius 3 is 2.57 bits per heavy atom. The molecular formula is C10H22N2OS. The van der Waals surface area contributed by atoms with Crippen LogP contribution in [0.1, 0.15) is 20.3 Å². The molecule has 1 heterocycles. The number of rotatable bonds is 3. The number of piperidine rings is 1. The van der Waals surface area contributed by atoms with Gasteiger partial charge in [0.2, 0.25) is 0 Å². The Hall–Kier alpha value is 0.230. The summed E-state index contributed by atoms with van der Waals surface area (Å²) >= 11 is 1.76. The molecule has 1 aliphatic heterocycles. The maximum absolute atomic E-state index is 9.95. The molecule has 0 bridgehead atoms. The minimum absolute atomic E-state index is 0.357. The largest absolute Gasteiger partial charge is 0.390 e. The number of likely N-dealkylation sites (N-methyl/N-ethyl adjacent to an activating group) is 1. The second kappa shape index (κ2) is 4.84. The molecular weight excluding hydrogens is 196 g/mol. The normalized spacial score (nSPS) is 29.6. The van der Waals surface area contributed by atoms with E-state index in [0.29, 0.717) is 12.0 Å². The molecule has 1 fully saturated rings. The smallest absolute Gasteiger partial charge is 0.0632 e. The monoisotopic (exact) mass is 218 g/mol. The molecule has 0 saturated carbocycles. The van der Waals surface area contributed by atoms with Gasteiger partial charge in [0.15, 0.2) is 0 Å². The third-order valence-electron chi connectivity index (χ3n) is 3.13. The Morgan fingerprint density at radius 2 is 2.07 bits per heavy atom. The van der Waals surface area contributed by atoms with Gasteiger partial charge in [0, 0.05) is 25.0 Å². The Labute approximate surface area is 91.4 Å². The van der Waals surface area contributed by atoms with Gasteiger partial charge in [0.05, 0.1) is 5.60 Å². The first kappa shape index (κ1) is 12.3. The first-order chi connectivity index (χ1) is 6.45. The first-order valence-electron chi connectivity index (χ1n) is 5.15. The molecule has 0 aliphatic carbocycles. The van der Waals surface area contributed by atoms with E-state index in [1.807, 2.05) is 13.8 Å². The average molecular weight is 218 g/mol. The number of hydrogen-bond donors (Lipinski definition) is 2. The molecule has 4 heteroatoms. The predicted octanol–water partition coefficient (Wildman–Crippen LogP) is 0.945. The molecule has 1 aliphatic rings. The molecule has 1 rings (SSSR count). The molecule has 0 aromatic carbocycles. The van der Waals surface area contributed by atoms with E-state index in [-0.39, 0.29) is 0 Å². The third-order valence-corrected chi connectivity index (χ3v) is 4.00.